The average molecular weight is 311 g/mol. The molecule has 2 rings (SSSR count). The fraction of sp³-hybridized carbons (Fsp3) is 0.400. The van der Waals surface area contributed by atoms with Gasteiger partial charge in [-0.05, 0) is 37.6 Å². The minimum absolute atomic E-state index is 0.114. The molecule has 2 aromatic heterocycles. The Balaban J connectivity index is 2.09. The molecule has 0 saturated heterocycles. The van der Waals surface area contributed by atoms with E-state index < -0.39 is 0 Å². The van der Waals surface area contributed by atoms with E-state index in [4.69, 9.17) is 22.1 Å². The van der Waals surface area contributed by atoms with Crippen molar-refractivity contribution in [3.63, 3.8) is 0 Å². The van der Waals surface area contributed by atoms with Crippen LogP contribution in [0.3, 0.4) is 0 Å². The van der Waals surface area contributed by atoms with Gasteiger partial charge >= 0.3 is 0 Å². The Morgan fingerprint density at radius 1 is 1.35 bits per heavy atom. The van der Waals surface area contributed by atoms with E-state index in [1.54, 1.807) is 0 Å². The van der Waals surface area contributed by atoms with Crippen LogP contribution in [0.2, 0.25) is 4.34 Å². The molecule has 20 heavy (non-hydrogen) atoms. The summed E-state index contributed by atoms with van der Waals surface area (Å²) in [5, 5.41) is 0. The predicted octanol–water partition coefficient (Wildman–Crippen LogP) is 3.96. The van der Waals surface area contributed by atoms with Crippen molar-refractivity contribution in [2.45, 2.75) is 39.3 Å². The standard InChI is InChI=1S/C15H19ClN2OS/c1-3-11(17)8-13-14(6-4-10(2)18-13)19-9-12-5-7-15(16)20-12/h4-7,11H,3,8-9,17H2,1-2H3. The molecule has 0 aliphatic carbocycles. The lowest BCUT2D eigenvalue weighted by Gasteiger charge is -2.13. The summed E-state index contributed by atoms with van der Waals surface area (Å²) in [7, 11) is 0. The van der Waals surface area contributed by atoms with Gasteiger partial charge in [0.05, 0.1) is 10.0 Å². The molecule has 1 unspecified atom stereocenters. The van der Waals surface area contributed by atoms with E-state index in [1.807, 2.05) is 31.2 Å². The number of ether oxygens (including phenoxy) is 1. The average Bonchev–Trinajstić information content (AvgIpc) is 2.83. The monoisotopic (exact) mass is 310 g/mol. The Hall–Kier alpha value is -1.10. The summed E-state index contributed by atoms with van der Waals surface area (Å²) in [6, 6.07) is 7.90. The first-order valence-electron chi connectivity index (χ1n) is 6.67. The lowest BCUT2D eigenvalue weighted by atomic mass is 10.1. The van der Waals surface area contributed by atoms with Crippen LogP contribution in [-0.2, 0) is 13.0 Å². The fourth-order valence-electron chi connectivity index (χ4n) is 1.85. The third-order valence-corrected chi connectivity index (χ3v) is 4.25. The summed E-state index contributed by atoms with van der Waals surface area (Å²) in [5.74, 6) is 0.809. The van der Waals surface area contributed by atoms with Gasteiger partial charge in [0, 0.05) is 23.0 Å². The molecule has 2 N–H and O–H groups in total. The highest BCUT2D eigenvalue weighted by Gasteiger charge is 2.10. The van der Waals surface area contributed by atoms with Gasteiger partial charge in [-0.2, -0.15) is 0 Å². The van der Waals surface area contributed by atoms with Gasteiger partial charge in [0.2, 0.25) is 0 Å². The Bertz CT molecular complexity index is 571. The molecule has 108 valence electrons. The lowest BCUT2D eigenvalue weighted by molar-refractivity contribution is 0.303. The minimum atomic E-state index is 0.114. The van der Waals surface area contributed by atoms with Crippen molar-refractivity contribution in [1.82, 2.24) is 4.98 Å². The van der Waals surface area contributed by atoms with E-state index in [9.17, 15) is 0 Å². The SMILES string of the molecule is CCC(N)Cc1nc(C)ccc1OCc1ccc(Cl)s1. The molecule has 0 spiro atoms. The van der Waals surface area contributed by atoms with Crippen LogP contribution in [0, 0.1) is 6.92 Å². The molecule has 0 bridgehead atoms. The molecule has 0 amide bonds. The first-order chi connectivity index (χ1) is 9.58. The molecule has 1 atom stereocenters. The van der Waals surface area contributed by atoms with E-state index in [2.05, 4.69) is 11.9 Å². The third-order valence-electron chi connectivity index (χ3n) is 3.05. The van der Waals surface area contributed by atoms with Crippen LogP contribution in [0.1, 0.15) is 29.6 Å². The molecular weight excluding hydrogens is 292 g/mol. The third kappa shape index (κ3) is 4.20. The van der Waals surface area contributed by atoms with Crippen molar-refractivity contribution in [2.24, 2.45) is 5.73 Å². The second-order valence-corrected chi connectivity index (χ2v) is 6.56. The molecule has 0 fully saturated rings. The van der Waals surface area contributed by atoms with Crippen LogP contribution in [0.5, 0.6) is 5.75 Å². The smallest absolute Gasteiger partial charge is 0.141 e. The quantitative estimate of drug-likeness (QED) is 0.878. The highest BCUT2D eigenvalue weighted by molar-refractivity contribution is 7.16. The molecule has 5 heteroatoms. The number of thiophene rings is 1. The number of nitrogens with two attached hydrogens (primary N) is 1. The molecule has 2 aromatic rings. The molecule has 0 aliphatic rings. The summed E-state index contributed by atoms with van der Waals surface area (Å²) in [6.45, 7) is 4.56. The van der Waals surface area contributed by atoms with E-state index >= 15 is 0 Å². The van der Waals surface area contributed by atoms with Gasteiger partial charge in [-0.15, -0.1) is 11.3 Å². The maximum absolute atomic E-state index is 6.02. The van der Waals surface area contributed by atoms with Crippen LogP contribution in [0.4, 0.5) is 0 Å². The zero-order valence-electron chi connectivity index (χ0n) is 11.7. The topological polar surface area (TPSA) is 48.1 Å². The number of pyridine rings is 1. The van der Waals surface area contributed by atoms with Gasteiger partial charge in [-0.25, -0.2) is 0 Å². The number of hydrogen-bond acceptors (Lipinski definition) is 4. The van der Waals surface area contributed by atoms with Gasteiger partial charge in [0.1, 0.15) is 12.4 Å². The maximum Gasteiger partial charge on any atom is 0.141 e. The first kappa shape index (κ1) is 15.3. The van der Waals surface area contributed by atoms with Gasteiger partial charge < -0.3 is 10.5 Å². The van der Waals surface area contributed by atoms with Crippen LogP contribution in [0.25, 0.3) is 0 Å². The maximum atomic E-state index is 6.02. The second kappa shape index (κ2) is 7.07. The van der Waals surface area contributed by atoms with E-state index in [1.165, 1.54) is 11.3 Å². The van der Waals surface area contributed by atoms with Crippen LogP contribution in [-0.4, -0.2) is 11.0 Å². The Morgan fingerprint density at radius 3 is 2.80 bits per heavy atom. The number of nitrogens with zero attached hydrogens (tertiary/aromatic N) is 1. The summed E-state index contributed by atoms with van der Waals surface area (Å²) in [6.07, 6.45) is 1.66. The van der Waals surface area contributed by atoms with Crippen molar-refractivity contribution in [2.75, 3.05) is 0 Å². The van der Waals surface area contributed by atoms with E-state index in [0.29, 0.717) is 6.61 Å². The zero-order valence-corrected chi connectivity index (χ0v) is 13.3. The Kier molecular flexibility index (Phi) is 5.40. The number of aromatic nitrogens is 1. The second-order valence-electron chi connectivity index (χ2n) is 4.76. The van der Waals surface area contributed by atoms with Gasteiger partial charge in [-0.3, -0.25) is 4.98 Å². The van der Waals surface area contributed by atoms with Crippen molar-refractivity contribution >= 4 is 22.9 Å². The van der Waals surface area contributed by atoms with Crippen LogP contribution >= 0.6 is 22.9 Å². The summed E-state index contributed by atoms with van der Waals surface area (Å²) in [4.78, 5) is 5.65. The van der Waals surface area contributed by atoms with Gasteiger partial charge in [0.15, 0.2) is 0 Å². The molecule has 0 aromatic carbocycles. The number of rotatable bonds is 6. The number of halogens is 1. The first-order valence-corrected chi connectivity index (χ1v) is 7.87. The van der Waals surface area contributed by atoms with Crippen molar-refractivity contribution in [1.29, 1.82) is 0 Å². The lowest BCUT2D eigenvalue weighted by Crippen LogP contribution is -2.22. The Labute approximate surface area is 128 Å². The van der Waals surface area contributed by atoms with Crippen molar-refractivity contribution in [3.8, 4) is 5.75 Å². The highest BCUT2D eigenvalue weighted by atomic mass is 35.5. The molecule has 0 aliphatic heterocycles. The fourth-order valence-corrected chi connectivity index (χ4v) is 2.85. The largest absolute Gasteiger partial charge is 0.486 e. The molecule has 0 saturated carbocycles. The molecular formula is C15H19ClN2OS. The summed E-state index contributed by atoms with van der Waals surface area (Å²) < 4.78 is 6.65. The predicted molar refractivity (Wildman–Crippen MR) is 84.6 cm³/mol. The van der Waals surface area contributed by atoms with Crippen molar-refractivity contribution in [3.05, 3.63) is 44.9 Å². The zero-order chi connectivity index (χ0) is 14.5. The summed E-state index contributed by atoms with van der Waals surface area (Å²) >= 11 is 7.45. The number of aryl methyl sites for hydroxylation is 1. The summed E-state index contributed by atoms with van der Waals surface area (Å²) in [5.41, 5.74) is 7.94. The van der Waals surface area contributed by atoms with Crippen LogP contribution in [0.15, 0.2) is 24.3 Å². The van der Waals surface area contributed by atoms with Crippen LogP contribution < -0.4 is 10.5 Å². The normalized spacial score (nSPS) is 12.4. The van der Waals surface area contributed by atoms with Gasteiger partial charge in [-0.1, -0.05) is 18.5 Å². The molecule has 3 nitrogen and oxygen atoms in total. The molecule has 2 heterocycles. The minimum Gasteiger partial charge on any atom is -0.486 e. The van der Waals surface area contributed by atoms with Gasteiger partial charge in [0.25, 0.3) is 0 Å². The Morgan fingerprint density at radius 2 is 2.15 bits per heavy atom. The van der Waals surface area contributed by atoms with Crippen molar-refractivity contribution < 1.29 is 4.74 Å². The molecule has 0 radical (unpaired) electrons. The van der Waals surface area contributed by atoms with E-state index in [-0.39, 0.29) is 6.04 Å². The van der Waals surface area contributed by atoms with E-state index in [0.717, 1.165) is 39.2 Å². The highest BCUT2D eigenvalue weighted by Crippen LogP contribution is 2.25. The number of hydrogen-bond donors (Lipinski definition) is 1.